The van der Waals surface area contributed by atoms with Gasteiger partial charge in [0.2, 0.25) is 0 Å². The lowest BCUT2D eigenvalue weighted by Gasteiger charge is -2.28. The second-order valence-corrected chi connectivity index (χ2v) is 9.84. The van der Waals surface area contributed by atoms with Crippen molar-refractivity contribution in [1.82, 2.24) is 14.5 Å². The lowest BCUT2D eigenvalue weighted by Crippen LogP contribution is -2.43. The number of aromatic nitrogens is 2. The Labute approximate surface area is 183 Å². The van der Waals surface area contributed by atoms with E-state index in [9.17, 15) is 19.5 Å². The minimum absolute atomic E-state index is 0.126. The highest BCUT2D eigenvalue weighted by Crippen LogP contribution is 2.43. The van der Waals surface area contributed by atoms with E-state index in [4.69, 9.17) is 14.2 Å². The number of nitrogens with zero attached hydrogens (tertiary/aromatic N) is 2. The predicted octanol–water partition coefficient (Wildman–Crippen LogP) is 0.625. The van der Waals surface area contributed by atoms with Crippen molar-refractivity contribution in [2.24, 2.45) is 0 Å². The largest absolute Gasteiger partial charge is 0.480 e. The van der Waals surface area contributed by atoms with E-state index < -0.39 is 41.4 Å². The summed E-state index contributed by atoms with van der Waals surface area (Å²) < 4.78 is 19.6. The summed E-state index contributed by atoms with van der Waals surface area (Å²) in [6.45, 7) is 6.49. The van der Waals surface area contributed by atoms with Gasteiger partial charge >= 0.3 is 11.7 Å². The molecule has 3 aliphatic rings. The van der Waals surface area contributed by atoms with E-state index in [1.165, 1.54) is 16.8 Å². The molecule has 0 aromatic carbocycles. The molecular formula is C20H29N3O7S. The Balaban J connectivity index is 1.42. The molecule has 1 aromatic rings. The molecule has 3 fully saturated rings. The number of carbonyl (C=O) groups is 1. The fraction of sp³-hybridized carbons (Fsp3) is 0.750. The summed E-state index contributed by atoms with van der Waals surface area (Å²) in [4.78, 5) is 39.5. The van der Waals surface area contributed by atoms with Crippen LogP contribution >= 0.6 is 11.8 Å². The maximum atomic E-state index is 12.3. The Kier molecular flexibility index (Phi) is 6.32. The average molecular weight is 456 g/mol. The van der Waals surface area contributed by atoms with Crippen molar-refractivity contribution in [3.05, 3.63) is 33.1 Å². The Bertz CT molecular complexity index is 932. The number of fused-ring (bicyclic) bond motifs is 1. The number of rotatable bonds is 7. The van der Waals surface area contributed by atoms with Crippen LogP contribution in [-0.4, -0.2) is 79.8 Å². The van der Waals surface area contributed by atoms with Crippen LogP contribution in [0.25, 0.3) is 0 Å². The monoisotopic (exact) mass is 455 g/mol. The maximum Gasteiger partial charge on any atom is 0.330 e. The van der Waals surface area contributed by atoms with Crippen LogP contribution in [0.1, 0.15) is 39.8 Å². The molecule has 0 radical (unpaired) electrons. The van der Waals surface area contributed by atoms with Crippen molar-refractivity contribution in [3.8, 4) is 0 Å². The summed E-state index contributed by atoms with van der Waals surface area (Å²) in [7, 11) is 0. The maximum absolute atomic E-state index is 12.3. The fourth-order valence-corrected chi connectivity index (χ4v) is 5.85. The van der Waals surface area contributed by atoms with Gasteiger partial charge in [-0.05, 0) is 40.2 Å². The Morgan fingerprint density at radius 1 is 1.35 bits per heavy atom. The molecule has 2 N–H and O–H groups in total. The number of aromatic amines is 1. The van der Waals surface area contributed by atoms with Crippen molar-refractivity contribution in [2.45, 2.75) is 76.0 Å². The van der Waals surface area contributed by atoms with Crippen LogP contribution in [-0.2, 0) is 19.0 Å². The Morgan fingerprint density at radius 3 is 2.81 bits per heavy atom. The van der Waals surface area contributed by atoms with Gasteiger partial charge in [0.15, 0.2) is 12.0 Å². The number of hydrogen-bond acceptors (Lipinski definition) is 8. The molecule has 0 bridgehead atoms. The highest BCUT2D eigenvalue weighted by molar-refractivity contribution is 7.99. The molecule has 0 aliphatic carbocycles. The number of thioether (sulfide) groups is 1. The molecule has 3 saturated heterocycles. The van der Waals surface area contributed by atoms with E-state index in [0.717, 1.165) is 18.7 Å². The van der Waals surface area contributed by atoms with Gasteiger partial charge in [-0.3, -0.25) is 24.0 Å². The highest BCUT2D eigenvalue weighted by atomic mass is 32.2. The molecule has 11 heteroatoms. The molecule has 1 aromatic heterocycles. The molecule has 31 heavy (non-hydrogen) atoms. The first-order valence-electron chi connectivity index (χ1n) is 10.5. The number of ether oxygens (including phenoxy) is 3. The molecule has 3 aliphatic heterocycles. The highest BCUT2D eigenvalue weighted by Gasteiger charge is 2.55. The predicted molar refractivity (Wildman–Crippen MR) is 113 cm³/mol. The Hall–Kier alpha value is -1.66. The molecule has 4 heterocycles. The molecule has 172 valence electrons. The van der Waals surface area contributed by atoms with Crippen LogP contribution < -0.4 is 11.2 Å². The van der Waals surface area contributed by atoms with Gasteiger partial charge in [0.25, 0.3) is 5.56 Å². The number of carboxylic acids is 1. The van der Waals surface area contributed by atoms with E-state index in [0.29, 0.717) is 12.2 Å². The summed E-state index contributed by atoms with van der Waals surface area (Å²) in [6.07, 6.45) is 1.18. The second kappa shape index (κ2) is 8.70. The summed E-state index contributed by atoms with van der Waals surface area (Å²) in [5, 5.41) is 9.41. The molecule has 0 spiro atoms. The van der Waals surface area contributed by atoms with Crippen LogP contribution in [0.2, 0.25) is 0 Å². The van der Waals surface area contributed by atoms with Gasteiger partial charge in [0.05, 0.1) is 6.10 Å². The topological polar surface area (TPSA) is 123 Å². The van der Waals surface area contributed by atoms with E-state index in [-0.39, 0.29) is 18.2 Å². The number of hydrogen-bond donors (Lipinski definition) is 2. The first-order valence-corrected chi connectivity index (χ1v) is 11.7. The van der Waals surface area contributed by atoms with Crippen molar-refractivity contribution in [2.75, 3.05) is 18.1 Å². The summed E-state index contributed by atoms with van der Waals surface area (Å²) in [5.74, 6) is -0.187. The van der Waals surface area contributed by atoms with E-state index >= 15 is 0 Å². The Morgan fingerprint density at radius 2 is 2.10 bits per heavy atom. The van der Waals surface area contributed by atoms with Gasteiger partial charge in [-0.2, -0.15) is 11.8 Å². The zero-order valence-electron chi connectivity index (χ0n) is 17.9. The first kappa shape index (κ1) is 22.5. The van der Waals surface area contributed by atoms with E-state index in [1.54, 1.807) is 11.8 Å². The number of carboxylic acid groups (broad SMARTS) is 1. The number of nitrogens with one attached hydrogen (secondary N) is 1. The third kappa shape index (κ3) is 4.61. The van der Waals surface area contributed by atoms with Crippen LogP contribution in [0, 0.1) is 0 Å². The van der Waals surface area contributed by atoms with Gasteiger partial charge < -0.3 is 19.3 Å². The van der Waals surface area contributed by atoms with Crippen molar-refractivity contribution >= 4 is 17.7 Å². The number of H-pyrrole nitrogens is 1. The van der Waals surface area contributed by atoms with Crippen molar-refractivity contribution < 1.29 is 24.1 Å². The van der Waals surface area contributed by atoms with E-state index in [2.05, 4.69) is 9.88 Å². The molecule has 0 saturated carbocycles. The minimum atomic E-state index is -0.802. The van der Waals surface area contributed by atoms with Crippen molar-refractivity contribution in [1.29, 1.82) is 0 Å². The lowest BCUT2D eigenvalue weighted by atomic mass is 10.1. The summed E-state index contributed by atoms with van der Waals surface area (Å²) >= 11 is 1.67. The zero-order chi connectivity index (χ0) is 22.3. The fourth-order valence-electron chi connectivity index (χ4n) is 4.68. The first-order chi connectivity index (χ1) is 14.7. The van der Waals surface area contributed by atoms with Gasteiger partial charge in [0, 0.05) is 29.8 Å². The van der Waals surface area contributed by atoms with Crippen LogP contribution in [0.5, 0.6) is 0 Å². The molecule has 6 atom stereocenters. The normalized spacial score (nSPS) is 33.5. The smallest absolute Gasteiger partial charge is 0.330 e. The molecule has 4 rings (SSSR count). The second-order valence-electron chi connectivity index (χ2n) is 8.77. The number of aliphatic carboxylic acids is 1. The van der Waals surface area contributed by atoms with Gasteiger partial charge in [-0.25, -0.2) is 4.79 Å². The standard InChI is InChI=1S/C20H29N3O7S/c1-11(22-7-4-5-12(22)18(25)26)9-31-10-13-15-16(30-20(2,3)29-15)17(28-13)23-8-6-14(24)21-19(23)27/h6,8,11-13,15-17H,4-5,7,9-10H2,1-3H3,(H,25,26)(H,21,24,27)/t11-,12+,13-,15-,16-,17-/m1/s1. The summed E-state index contributed by atoms with van der Waals surface area (Å²) in [5.41, 5.74) is -1.03. The molecular weight excluding hydrogens is 426 g/mol. The third-order valence-electron chi connectivity index (χ3n) is 6.04. The van der Waals surface area contributed by atoms with Crippen LogP contribution in [0.15, 0.2) is 21.9 Å². The zero-order valence-corrected chi connectivity index (χ0v) is 18.7. The SMILES string of the molecule is C[C@H](CSC[C@H]1O[C@@H](n2ccc(=O)[nH]c2=O)[C@@H]2OC(C)(C)O[C@@H]21)N1CCC[C@H]1C(=O)O. The minimum Gasteiger partial charge on any atom is -0.480 e. The molecule has 10 nitrogen and oxygen atoms in total. The van der Waals surface area contributed by atoms with Crippen molar-refractivity contribution in [3.63, 3.8) is 0 Å². The average Bonchev–Trinajstić information content (AvgIpc) is 3.36. The number of likely N-dealkylation sites (tertiary alicyclic amines) is 1. The quantitative estimate of drug-likeness (QED) is 0.609. The molecule has 0 unspecified atom stereocenters. The lowest BCUT2D eigenvalue weighted by molar-refractivity contribution is -0.194. The molecule has 0 amide bonds. The van der Waals surface area contributed by atoms with E-state index in [1.807, 2.05) is 20.8 Å². The summed E-state index contributed by atoms with van der Waals surface area (Å²) in [6, 6.07) is 0.992. The van der Waals surface area contributed by atoms with Gasteiger partial charge in [-0.15, -0.1) is 0 Å². The van der Waals surface area contributed by atoms with Gasteiger partial charge in [0.1, 0.15) is 18.2 Å². The van der Waals surface area contributed by atoms with Gasteiger partial charge in [-0.1, -0.05) is 0 Å². The third-order valence-corrected chi connectivity index (χ3v) is 7.32. The van der Waals surface area contributed by atoms with Crippen LogP contribution in [0.3, 0.4) is 0 Å². The van der Waals surface area contributed by atoms with Crippen LogP contribution in [0.4, 0.5) is 0 Å².